The molecule has 2 heterocycles. The molecule has 1 amide bonds. The first-order valence-corrected chi connectivity index (χ1v) is 9.79. The van der Waals surface area contributed by atoms with Crippen LogP contribution in [0.3, 0.4) is 0 Å². The van der Waals surface area contributed by atoms with Gasteiger partial charge in [-0.2, -0.15) is 13.2 Å². The predicted octanol–water partition coefficient (Wildman–Crippen LogP) is 2.65. The summed E-state index contributed by atoms with van der Waals surface area (Å²) < 4.78 is 61.6. The van der Waals surface area contributed by atoms with Gasteiger partial charge in [0.2, 0.25) is 0 Å². The van der Waals surface area contributed by atoms with Gasteiger partial charge < -0.3 is 4.90 Å². The summed E-state index contributed by atoms with van der Waals surface area (Å²) in [6.45, 7) is -0.161. The minimum Gasteiger partial charge on any atom is -0.333 e. The number of carbonyl (C=O) groups excluding carboxylic acids is 1. The number of benzene rings is 1. The normalized spacial score (nSPS) is 18.0. The molecule has 0 aliphatic carbocycles. The summed E-state index contributed by atoms with van der Waals surface area (Å²) in [4.78, 5) is 18.1. The number of hydrogen-bond acceptors (Lipinski definition) is 4. The van der Waals surface area contributed by atoms with Crippen LogP contribution in [0, 0.1) is 0 Å². The minimum absolute atomic E-state index is 0.156. The van der Waals surface area contributed by atoms with Gasteiger partial charge in [0.25, 0.3) is 5.91 Å². The SMILES string of the molecule is O=C(c1ccc2cc(Br)ccc2n1)N1CCC1CNS(=O)(=O)C(F)(F)F. The van der Waals surface area contributed by atoms with Gasteiger partial charge in [-0.15, -0.1) is 0 Å². The second-order valence-electron chi connectivity index (χ2n) is 5.77. The highest BCUT2D eigenvalue weighted by Gasteiger charge is 2.46. The molecule has 1 saturated heterocycles. The zero-order chi connectivity index (χ0) is 19.1. The molecule has 2 aromatic rings. The summed E-state index contributed by atoms with van der Waals surface area (Å²) in [5, 5.41) is 0.828. The molecule has 1 fully saturated rings. The maximum absolute atomic E-state index is 12.5. The first-order valence-electron chi connectivity index (χ1n) is 7.52. The fourth-order valence-electron chi connectivity index (χ4n) is 2.57. The summed E-state index contributed by atoms with van der Waals surface area (Å²) in [7, 11) is -5.42. The molecular weight excluding hydrogens is 439 g/mol. The molecule has 3 rings (SSSR count). The topological polar surface area (TPSA) is 79.4 Å². The molecular formula is C15H13BrF3N3O3S. The highest BCUT2D eigenvalue weighted by molar-refractivity contribution is 9.10. The number of carbonyl (C=O) groups is 1. The Hall–Kier alpha value is -1.72. The van der Waals surface area contributed by atoms with Crippen LogP contribution in [-0.2, 0) is 10.0 Å². The molecule has 140 valence electrons. The highest BCUT2D eigenvalue weighted by atomic mass is 79.9. The van der Waals surface area contributed by atoms with Crippen molar-refractivity contribution in [2.24, 2.45) is 0 Å². The van der Waals surface area contributed by atoms with E-state index >= 15 is 0 Å². The van der Waals surface area contributed by atoms with Crippen LogP contribution in [0.2, 0.25) is 0 Å². The molecule has 26 heavy (non-hydrogen) atoms. The van der Waals surface area contributed by atoms with Crippen molar-refractivity contribution in [1.29, 1.82) is 0 Å². The number of fused-ring (bicyclic) bond motifs is 1. The van der Waals surface area contributed by atoms with Gasteiger partial charge in [0, 0.05) is 29.0 Å². The fourth-order valence-corrected chi connectivity index (χ4v) is 3.53. The average Bonchev–Trinajstić information content (AvgIpc) is 2.52. The number of alkyl halides is 3. The van der Waals surface area contributed by atoms with Crippen molar-refractivity contribution in [3.05, 3.63) is 40.5 Å². The Morgan fingerprint density at radius 1 is 1.31 bits per heavy atom. The molecule has 0 bridgehead atoms. The number of aromatic nitrogens is 1. The van der Waals surface area contributed by atoms with Crippen molar-refractivity contribution in [2.75, 3.05) is 13.1 Å². The summed E-state index contributed by atoms with van der Waals surface area (Å²) >= 11 is 3.34. The van der Waals surface area contributed by atoms with E-state index in [2.05, 4.69) is 20.9 Å². The lowest BCUT2D eigenvalue weighted by Gasteiger charge is -2.40. The highest BCUT2D eigenvalue weighted by Crippen LogP contribution is 2.25. The van der Waals surface area contributed by atoms with Crippen LogP contribution in [0.4, 0.5) is 13.2 Å². The molecule has 6 nitrogen and oxygen atoms in total. The first-order chi connectivity index (χ1) is 12.1. The Labute approximate surface area is 155 Å². The molecule has 0 radical (unpaired) electrons. The third-order valence-electron chi connectivity index (χ3n) is 4.09. The third kappa shape index (κ3) is 3.69. The smallest absolute Gasteiger partial charge is 0.333 e. The van der Waals surface area contributed by atoms with Crippen LogP contribution in [0.15, 0.2) is 34.8 Å². The van der Waals surface area contributed by atoms with E-state index in [0.29, 0.717) is 18.5 Å². The number of halogens is 4. The fraction of sp³-hybridized carbons (Fsp3) is 0.333. The first kappa shape index (κ1) is 19.1. The number of rotatable bonds is 4. The molecule has 1 aliphatic rings. The van der Waals surface area contributed by atoms with Gasteiger partial charge in [-0.3, -0.25) is 4.79 Å². The zero-order valence-corrected chi connectivity index (χ0v) is 15.5. The van der Waals surface area contributed by atoms with Crippen molar-refractivity contribution >= 4 is 42.8 Å². The Kier molecular flexibility index (Phi) is 4.97. The quantitative estimate of drug-likeness (QED) is 0.774. The van der Waals surface area contributed by atoms with E-state index in [4.69, 9.17) is 0 Å². The van der Waals surface area contributed by atoms with Crippen LogP contribution < -0.4 is 4.72 Å². The molecule has 0 spiro atoms. The van der Waals surface area contributed by atoms with Gasteiger partial charge in [-0.25, -0.2) is 18.1 Å². The van der Waals surface area contributed by atoms with Crippen LogP contribution in [0.25, 0.3) is 10.9 Å². The van der Waals surface area contributed by atoms with E-state index in [1.165, 1.54) is 15.7 Å². The number of hydrogen-bond donors (Lipinski definition) is 1. The maximum atomic E-state index is 12.5. The molecule has 11 heteroatoms. The Morgan fingerprint density at radius 3 is 2.65 bits per heavy atom. The lowest BCUT2D eigenvalue weighted by molar-refractivity contribution is -0.0450. The number of sulfonamides is 1. The molecule has 1 N–H and O–H groups in total. The van der Waals surface area contributed by atoms with Gasteiger partial charge in [0.15, 0.2) is 0 Å². The average molecular weight is 452 g/mol. The van der Waals surface area contributed by atoms with Crippen molar-refractivity contribution in [1.82, 2.24) is 14.6 Å². The standard InChI is InChI=1S/C15H13BrF3N3O3S/c16-10-2-4-12-9(7-10)1-3-13(21-12)14(23)22-6-5-11(22)8-20-26(24,25)15(17,18)19/h1-4,7,11,20H,5-6,8H2. The summed E-state index contributed by atoms with van der Waals surface area (Å²) in [5.74, 6) is -0.447. The van der Waals surface area contributed by atoms with E-state index in [1.54, 1.807) is 18.2 Å². The van der Waals surface area contributed by atoms with Crippen LogP contribution in [0.5, 0.6) is 0 Å². The third-order valence-corrected chi connectivity index (χ3v) is 5.74. The number of likely N-dealkylation sites (tertiary alicyclic amines) is 1. The lowest BCUT2D eigenvalue weighted by atomic mass is 10.0. The van der Waals surface area contributed by atoms with Gasteiger partial charge in [0.05, 0.1) is 5.52 Å². The monoisotopic (exact) mass is 451 g/mol. The van der Waals surface area contributed by atoms with Crippen LogP contribution in [-0.4, -0.2) is 48.8 Å². The van der Waals surface area contributed by atoms with Crippen LogP contribution in [0.1, 0.15) is 16.9 Å². The van der Waals surface area contributed by atoms with Gasteiger partial charge >= 0.3 is 15.5 Å². The minimum atomic E-state index is -5.42. The Balaban J connectivity index is 1.71. The number of nitrogens with zero attached hydrogens (tertiary/aromatic N) is 2. The van der Waals surface area contributed by atoms with E-state index in [-0.39, 0.29) is 5.69 Å². The maximum Gasteiger partial charge on any atom is 0.511 e. The van der Waals surface area contributed by atoms with Crippen molar-refractivity contribution in [3.8, 4) is 0 Å². The lowest BCUT2D eigenvalue weighted by Crippen LogP contribution is -2.56. The molecule has 1 aliphatic heterocycles. The largest absolute Gasteiger partial charge is 0.511 e. The molecule has 1 atom stereocenters. The van der Waals surface area contributed by atoms with E-state index in [1.807, 2.05) is 6.07 Å². The molecule has 1 aromatic heterocycles. The predicted molar refractivity (Wildman–Crippen MR) is 91.9 cm³/mol. The number of nitrogens with one attached hydrogen (secondary N) is 1. The second-order valence-corrected chi connectivity index (χ2v) is 8.45. The molecule has 0 saturated carbocycles. The van der Waals surface area contributed by atoms with Gasteiger partial charge in [0.1, 0.15) is 5.69 Å². The van der Waals surface area contributed by atoms with Crippen molar-refractivity contribution < 1.29 is 26.4 Å². The molecule has 1 aromatic carbocycles. The number of amides is 1. The van der Waals surface area contributed by atoms with Crippen molar-refractivity contribution in [3.63, 3.8) is 0 Å². The molecule has 1 unspecified atom stereocenters. The van der Waals surface area contributed by atoms with E-state index in [0.717, 1.165) is 9.86 Å². The summed E-state index contributed by atoms with van der Waals surface area (Å²) in [6, 6.07) is 7.98. The Morgan fingerprint density at radius 2 is 2.04 bits per heavy atom. The van der Waals surface area contributed by atoms with Crippen LogP contribution >= 0.6 is 15.9 Å². The summed E-state index contributed by atoms with van der Waals surface area (Å²) in [6.07, 6.45) is 0.409. The number of pyridine rings is 1. The zero-order valence-electron chi connectivity index (χ0n) is 13.1. The van der Waals surface area contributed by atoms with E-state index in [9.17, 15) is 26.4 Å². The Bertz CT molecular complexity index is 965. The second kappa shape index (κ2) is 6.78. The van der Waals surface area contributed by atoms with Gasteiger partial charge in [-0.05, 0) is 30.7 Å². The van der Waals surface area contributed by atoms with Crippen molar-refractivity contribution in [2.45, 2.75) is 18.0 Å². The summed E-state index contributed by atoms with van der Waals surface area (Å²) in [5.41, 5.74) is -4.61. The van der Waals surface area contributed by atoms with E-state index < -0.39 is 34.0 Å². The van der Waals surface area contributed by atoms with Gasteiger partial charge in [-0.1, -0.05) is 22.0 Å².